The molecule has 1 amide bonds. The number of aromatic nitrogens is 2. The van der Waals surface area contributed by atoms with Crippen molar-refractivity contribution < 1.29 is 13.9 Å². The number of ether oxygens (including phenoxy) is 1. The number of carbonyl (C=O) groups excluding carboxylic acids is 1. The van der Waals surface area contributed by atoms with Gasteiger partial charge in [-0.25, -0.2) is 4.98 Å². The summed E-state index contributed by atoms with van der Waals surface area (Å²) in [5.41, 5.74) is 1.27. The first-order valence-electron chi connectivity index (χ1n) is 10.2. The van der Waals surface area contributed by atoms with Gasteiger partial charge in [0.15, 0.2) is 5.43 Å². The molecule has 0 spiro atoms. The number of carbonyl (C=O) groups is 1. The van der Waals surface area contributed by atoms with Gasteiger partial charge in [0.1, 0.15) is 11.3 Å². The van der Waals surface area contributed by atoms with E-state index >= 15 is 0 Å². The zero-order valence-corrected chi connectivity index (χ0v) is 18.1. The Balaban J connectivity index is 1.59. The van der Waals surface area contributed by atoms with Crippen LogP contribution in [0.3, 0.4) is 0 Å². The average Bonchev–Trinajstić information content (AvgIpc) is 3.42. The van der Waals surface area contributed by atoms with E-state index in [-0.39, 0.29) is 17.1 Å². The Kier molecular flexibility index (Phi) is 5.19. The van der Waals surface area contributed by atoms with Crippen LogP contribution in [0.25, 0.3) is 11.0 Å². The minimum Gasteiger partial charge on any atom is -0.497 e. The Labute approximate surface area is 188 Å². The van der Waals surface area contributed by atoms with E-state index in [1.165, 1.54) is 0 Å². The smallest absolute Gasteiger partial charge is 0.290 e. The van der Waals surface area contributed by atoms with Crippen LogP contribution >= 0.6 is 11.6 Å². The van der Waals surface area contributed by atoms with E-state index in [0.717, 1.165) is 5.56 Å². The SMILES string of the molecule is COc1ccc(C2c3c(oc4ccc(Cl)cc4c3=O)C(=O)N2CCCn2ccnc2)cc1. The van der Waals surface area contributed by atoms with Crippen LogP contribution in [0.2, 0.25) is 5.02 Å². The third kappa shape index (κ3) is 3.44. The van der Waals surface area contributed by atoms with Crippen LogP contribution in [0, 0.1) is 0 Å². The number of fused-ring (bicyclic) bond motifs is 2. The first kappa shape index (κ1) is 20.3. The molecule has 1 aliphatic heterocycles. The summed E-state index contributed by atoms with van der Waals surface area (Å²) in [6.07, 6.45) is 6.03. The zero-order valence-electron chi connectivity index (χ0n) is 17.3. The highest BCUT2D eigenvalue weighted by molar-refractivity contribution is 6.31. The summed E-state index contributed by atoms with van der Waals surface area (Å²) in [5, 5.41) is 0.801. The standard InChI is InChI=1S/C24H20ClN3O4/c1-31-17-6-3-15(4-7-17)21-20-22(29)18-13-16(25)5-8-19(18)32-23(20)24(30)28(21)11-2-10-27-12-9-26-14-27/h3-9,12-14,21H,2,10-11H2,1H3. The first-order chi connectivity index (χ1) is 15.6. The second-order valence-electron chi connectivity index (χ2n) is 7.64. The molecular weight excluding hydrogens is 430 g/mol. The minimum atomic E-state index is -0.550. The highest BCUT2D eigenvalue weighted by atomic mass is 35.5. The van der Waals surface area contributed by atoms with E-state index < -0.39 is 6.04 Å². The molecule has 1 unspecified atom stereocenters. The summed E-state index contributed by atoms with van der Waals surface area (Å²) in [5.74, 6) is 0.496. The van der Waals surface area contributed by atoms with Gasteiger partial charge in [0.25, 0.3) is 5.91 Å². The normalized spacial score (nSPS) is 15.4. The summed E-state index contributed by atoms with van der Waals surface area (Å²) in [4.78, 5) is 32.6. The Morgan fingerprint density at radius 1 is 1.12 bits per heavy atom. The largest absolute Gasteiger partial charge is 0.497 e. The van der Waals surface area contributed by atoms with Crippen LogP contribution < -0.4 is 10.2 Å². The monoisotopic (exact) mass is 449 g/mol. The van der Waals surface area contributed by atoms with Crippen molar-refractivity contribution in [3.63, 3.8) is 0 Å². The molecule has 3 heterocycles. The fraction of sp³-hybridized carbons (Fsp3) is 0.208. The van der Waals surface area contributed by atoms with E-state index in [4.69, 9.17) is 20.8 Å². The lowest BCUT2D eigenvalue weighted by molar-refractivity contribution is 0.0723. The number of halogens is 1. The Morgan fingerprint density at radius 3 is 2.66 bits per heavy atom. The van der Waals surface area contributed by atoms with Crippen LogP contribution in [0.4, 0.5) is 0 Å². The molecule has 0 saturated heterocycles. The van der Waals surface area contributed by atoms with Crippen molar-refractivity contribution in [3.8, 4) is 5.75 Å². The number of amides is 1. The van der Waals surface area contributed by atoms with Gasteiger partial charge in [0.05, 0.1) is 30.4 Å². The molecule has 0 N–H and O–H groups in total. The van der Waals surface area contributed by atoms with Crippen molar-refractivity contribution >= 4 is 28.5 Å². The number of benzene rings is 2. The van der Waals surface area contributed by atoms with E-state index in [1.54, 1.807) is 42.7 Å². The maximum Gasteiger partial charge on any atom is 0.290 e. The molecule has 32 heavy (non-hydrogen) atoms. The third-order valence-corrected chi connectivity index (χ3v) is 5.97. The molecule has 0 radical (unpaired) electrons. The maximum atomic E-state index is 13.5. The van der Waals surface area contributed by atoms with Gasteiger partial charge in [-0.15, -0.1) is 0 Å². The Bertz CT molecular complexity index is 1350. The lowest BCUT2D eigenvalue weighted by Crippen LogP contribution is -2.31. The number of rotatable bonds is 6. The van der Waals surface area contributed by atoms with E-state index in [0.29, 0.717) is 46.8 Å². The quantitative estimate of drug-likeness (QED) is 0.439. The summed E-state index contributed by atoms with van der Waals surface area (Å²) in [6, 6.07) is 11.7. The van der Waals surface area contributed by atoms with Crippen LogP contribution in [0.15, 0.2) is 70.4 Å². The van der Waals surface area contributed by atoms with E-state index in [2.05, 4.69) is 4.98 Å². The predicted molar refractivity (Wildman–Crippen MR) is 120 cm³/mol. The van der Waals surface area contributed by atoms with Gasteiger partial charge in [0, 0.05) is 30.5 Å². The summed E-state index contributed by atoms with van der Waals surface area (Å²) < 4.78 is 13.2. The summed E-state index contributed by atoms with van der Waals surface area (Å²) in [7, 11) is 1.59. The average molecular weight is 450 g/mol. The van der Waals surface area contributed by atoms with Crippen LogP contribution in [0.1, 0.15) is 34.1 Å². The fourth-order valence-electron chi connectivity index (χ4n) is 4.20. The lowest BCUT2D eigenvalue weighted by atomic mass is 9.98. The topological polar surface area (TPSA) is 77.6 Å². The highest BCUT2D eigenvalue weighted by Gasteiger charge is 2.42. The highest BCUT2D eigenvalue weighted by Crippen LogP contribution is 2.38. The molecule has 1 atom stereocenters. The van der Waals surface area contributed by atoms with Crippen LogP contribution in [-0.2, 0) is 6.54 Å². The Morgan fingerprint density at radius 2 is 1.94 bits per heavy atom. The number of hydrogen-bond acceptors (Lipinski definition) is 5. The minimum absolute atomic E-state index is 0.0910. The molecule has 4 aromatic rings. The van der Waals surface area contributed by atoms with Crippen molar-refractivity contribution in [2.75, 3.05) is 13.7 Å². The van der Waals surface area contributed by atoms with Gasteiger partial charge < -0.3 is 18.6 Å². The van der Waals surface area contributed by atoms with Crippen molar-refractivity contribution in [2.24, 2.45) is 0 Å². The number of nitrogens with zero attached hydrogens (tertiary/aromatic N) is 3. The Hall–Kier alpha value is -3.58. The molecule has 0 aliphatic carbocycles. The predicted octanol–water partition coefficient (Wildman–Crippen LogP) is 4.29. The van der Waals surface area contributed by atoms with Gasteiger partial charge in [-0.05, 0) is 42.3 Å². The third-order valence-electron chi connectivity index (χ3n) is 5.73. The number of methoxy groups -OCH3 is 1. The van der Waals surface area contributed by atoms with Gasteiger partial charge >= 0.3 is 0 Å². The van der Waals surface area contributed by atoms with Crippen molar-refractivity contribution in [1.82, 2.24) is 14.5 Å². The molecule has 0 bridgehead atoms. The van der Waals surface area contributed by atoms with Crippen LogP contribution in [-0.4, -0.2) is 34.0 Å². The fourth-order valence-corrected chi connectivity index (χ4v) is 4.37. The number of aryl methyl sites for hydroxylation is 1. The molecule has 162 valence electrons. The van der Waals surface area contributed by atoms with Crippen molar-refractivity contribution in [3.05, 3.63) is 93.3 Å². The number of hydrogen-bond donors (Lipinski definition) is 0. The molecule has 2 aromatic carbocycles. The second kappa shape index (κ2) is 8.16. The second-order valence-corrected chi connectivity index (χ2v) is 8.08. The molecular formula is C24H20ClN3O4. The number of imidazole rings is 1. The first-order valence-corrected chi connectivity index (χ1v) is 10.6. The molecule has 5 rings (SSSR count). The molecule has 8 heteroatoms. The molecule has 2 aromatic heterocycles. The van der Waals surface area contributed by atoms with Crippen molar-refractivity contribution in [2.45, 2.75) is 19.0 Å². The lowest BCUT2D eigenvalue weighted by Gasteiger charge is -2.25. The van der Waals surface area contributed by atoms with Gasteiger partial charge in [-0.3, -0.25) is 9.59 Å². The van der Waals surface area contributed by atoms with E-state index in [1.807, 2.05) is 35.0 Å². The van der Waals surface area contributed by atoms with Crippen LogP contribution in [0.5, 0.6) is 5.75 Å². The van der Waals surface area contributed by atoms with E-state index in [9.17, 15) is 9.59 Å². The van der Waals surface area contributed by atoms with Crippen molar-refractivity contribution in [1.29, 1.82) is 0 Å². The van der Waals surface area contributed by atoms with Gasteiger partial charge in [-0.1, -0.05) is 23.7 Å². The molecule has 7 nitrogen and oxygen atoms in total. The van der Waals surface area contributed by atoms with Gasteiger partial charge in [-0.2, -0.15) is 0 Å². The zero-order chi connectivity index (χ0) is 22.2. The molecule has 0 saturated carbocycles. The maximum absolute atomic E-state index is 13.5. The summed E-state index contributed by atoms with van der Waals surface area (Å²) in [6.45, 7) is 1.16. The molecule has 1 aliphatic rings. The molecule has 0 fully saturated rings. The summed E-state index contributed by atoms with van der Waals surface area (Å²) >= 11 is 6.12. The van der Waals surface area contributed by atoms with Gasteiger partial charge in [0.2, 0.25) is 5.76 Å².